The zero-order valence-corrected chi connectivity index (χ0v) is 38.8. The summed E-state index contributed by atoms with van der Waals surface area (Å²) in [7, 11) is 0. The Kier molecular flexibility index (Phi) is 11.4. The van der Waals surface area contributed by atoms with E-state index in [9.17, 15) is 9.90 Å². The number of aryl methyl sites for hydroxylation is 1. The fourth-order valence-electron chi connectivity index (χ4n) is 14.7. The molecule has 5 aliphatic carbocycles. The Morgan fingerprint density at radius 2 is 1.34 bits per heavy atom. The molecule has 3 aromatic carbocycles. The van der Waals surface area contributed by atoms with Crippen LogP contribution in [0.1, 0.15) is 119 Å². The number of anilines is 3. The highest BCUT2D eigenvalue weighted by atomic mass is 16.5. The number of para-hydroxylation sites is 2. The van der Waals surface area contributed by atoms with Gasteiger partial charge in [0.05, 0.1) is 18.1 Å². The molecule has 0 unspecified atom stereocenters. The number of aromatic nitrogens is 1. The molecule has 1 aromatic heterocycles. The van der Waals surface area contributed by atoms with Gasteiger partial charge in [0, 0.05) is 35.6 Å². The Bertz CT molecular complexity index is 2200. The van der Waals surface area contributed by atoms with E-state index in [-0.39, 0.29) is 39.7 Å². The van der Waals surface area contributed by atoms with Gasteiger partial charge in [-0.1, -0.05) is 109 Å². The van der Waals surface area contributed by atoms with Gasteiger partial charge in [0.2, 0.25) is 0 Å². The minimum absolute atomic E-state index is 0.0505. The number of rotatable bonds is 10. The van der Waals surface area contributed by atoms with Crippen LogP contribution in [0.25, 0.3) is 11.1 Å². The van der Waals surface area contributed by atoms with Gasteiger partial charge in [-0.25, -0.2) is 4.57 Å². The van der Waals surface area contributed by atoms with Crippen LogP contribution in [0, 0.1) is 56.7 Å². The van der Waals surface area contributed by atoms with Gasteiger partial charge in [-0.3, -0.25) is 4.79 Å². The largest absolute Gasteiger partial charge is 0.465 e. The molecule has 9 rings (SSSR count). The number of ether oxygens (including phenoxy) is 1. The van der Waals surface area contributed by atoms with Gasteiger partial charge in [-0.2, -0.15) is 0 Å². The maximum absolute atomic E-state index is 14.6. The lowest BCUT2D eigenvalue weighted by Crippen LogP contribution is -2.65. The molecule has 1 heterocycles. The Morgan fingerprint density at radius 3 is 2.00 bits per heavy atom. The molecule has 4 saturated carbocycles. The molecule has 5 aliphatic rings. The van der Waals surface area contributed by atoms with E-state index in [0.717, 1.165) is 81.4 Å². The first-order chi connectivity index (χ1) is 29.7. The van der Waals surface area contributed by atoms with Crippen LogP contribution in [0.4, 0.5) is 17.1 Å². The van der Waals surface area contributed by atoms with E-state index in [1.54, 1.807) is 5.57 Å². The van der Waals surface area contributed by atoms with Crippen molar-refractivity contribution >= 4 is 23.0 Å². The van der Waals surface area contributed by atoms with Crippen molar-refractivity contribution in [2.75, 3.05) is 11.5 Å². The first kappa shape index (κ1) is 43.1. The van der Waals surface area contributed by atoms with Crippen molar-refractivity contribution in [1.29, 1.82) is 0 Å². The van der Waals surface area contributed by atoms with Crippen molar-refractivity contribution in [1.82, 2.24) is 0 Å². The van der Waals surface area contributed by atoms with Crippen LogP contribution >= 0.6 is 0 Å². The average molecular weight is 834 g/mol. The second kappa shape index (κ2) is 16.4. The summed E-state index contributed by atoms with van der Waals surface area (Å²) in [5.41, 5.74) is 7.40. The number of hydrogen-bond acceptors (Lipinski definition) is 4. The van der Waals surface area contributed by atoms with E-state index in [1.807, 2.05) is 0 Å². The summed E-state index contributed by atoms with van der Waals surface area (Å²) in [6.45, 7) is 18.8. The van der Waals surface area contributed by atoms with Gasteiger partial charge in [0.15, 0.2) is 12.4 Å². The van der Waals surface area contributed by atoms with E-state index in [0.29, 0.717) is 30.3 Å². The number of unbranched alkanes of at least 4 members (excludes halogenated alkanes) is 1. The Morgan fingerprint density at radius 1 is 0.710 bits per heavy atom. The molecule has 328 valence electrons. The van der Waals surface area contributed by atoms with Crippen molar-refractivity contribution in [2.45, 2.75) is 132 Å². The molecule has 0 aliphatic heterocycles. The van der Waals surface area contributed by atoms with Crippen molar-refractivity contribution in [3.05, 3.63) is 121 Å². The van der Waals surface area contributed by atoms with Crippen LogP contribution in [0.2, 0.25) is 0 Å². The highest BCUT2D eigenvalue weighted by molar-refractivity contribution is 5.79. The predicted molar refractivity (Wildman–Crippen MR) is 252 cm³/mol. The minimum atomic E-state index is -0.414. The van der Waals surface area contributed by atoms with Crippen LogP contribution < -0.4 is 9.47 Å². The zero-order chi connectivity index (χ0) is 43.5. The lowest BCUT2D eigenvalue weighted by Gasteiger charge is -2.71. The van der Waals surface area contributed by atoms with Gasteiger partial charge >= 0.3 is 5.97 Å². The number of carbonyl (C=O) groups excluding carboxylic acids is 1. The number of hydrogen-bond donors (Lipinski definition) is 1. The Hall–Kier alpha value is -4.22. The van der Waals surface area contributed by atoms with Crippen LogP contribution in [-0.2, 0) is 16.1 Å². The Balaban J connectivity index is 0.835. The summed E-state index contributed by atoms with van der Waals surface area (Å²) in [6, 6.07) is 34.3. The molecule has 5 heteroatoms. The summed E-state index contributed by atoms with van der Waals surface area (Å²) in [6.07, 6.45) is 18.3. The second-order valence-electron chi connectivity index (χ2n) is 21.9. The third-order valence-corrected chi connectivity index (χ3v) is 18.8. The van der Waals surface area contributed by atoms with Crippen LogP contribution in [0.15, 0.2) is 121 Å². The second-order valence-corrected chi connectivity index (χ2v) is 21.9. The molecule has 0 radical (unpaired) electrons. The van der Waals surface area contributed by atoms with E-state index < -0.39 is 5.41 Å². The molecule has 0 bridgehead atoms. The number of allylic oxidation sites excluding steroid dienone is 2. The Labute approximate surface area is 373 Å². The van der Waals surface area contributed by atoms with Crippen molar-refractivity contribution in [3.63, 3.8) is 0 Å². The quantitative estimate of drug-likeness (QED) is 0.0748. The molecule has 4 aromatic rings. The van der Waals surface area contributed by atoms with Crippen molar-refractivity contribution in [3.8, 4) is 11.1 Å². The SMILES string of the molecule is C[C@H]1[C@H](C)CC[C@]2(C(=O)OCCCC[n+]3ccc(-c4ccc(N(c5ccccc5)c5ccccc5)cc4)cc3)CC[C@]3(C)C(=CC[C@@H]4[C@@]5(C)CC[C@H](O)C(C)(C)[C@@H]5CC[C@]43C)[C@H]12. The first-order valence-electron chi connectivity index (χ1n) is 24.3. The summed E-state index contributed by atoms with van der Waals surface area (Å²) >= 11 is 0. The molecule has 62 heavy (non-hydrogen) atoms. The van der Waals surface area contributed by atoms with Gasteiger partial charge in [-0.15, -0.1) is 0 Å². The highest BCUT2D eigenvalue weighted by Gasteiger charge is 2.69. The smallest absolute Gasteiger partial charge is 0.312 e. The number of pyridine rings is 1. The zero-order valence-electron chi connectivity index (χ0n) is 38.8. The summed E-state index contributed by atoms with van der Waals surface area (Å²) in [5.74, 6) is 2.52. The van der Waals surface area contributed by atoms with E-state index in [1.165, 1.54) is 24.0 Å². The predicted octanol–water partition coefficient (Wildman–Crippen LogP) is 13.5. The number of carbonyl (C=O) groups is 1. The molecule has 5 nitrogen and oxygen atoms in total. The van der Waals surface area contributed by atoms with Gasteiger partial charge in [0.25, 0.3) is 0 Å². The van der Waals surface area contributed by atoms with E-state index in [4.69, 9.17) is 4.74 Å². The van der Waals surface area contributed by atoms with Gasteiger partial charge in [-0.05, 0) is 163 Å². The minimum Gasteiger partial charge on any atom is -0.465 e. The van der Waals surface area contributed by atoms with Crippen LogP contribution in [-0.4, -0.2) is 23.8 Å². The maximum Gasteiger partial charge on any atom is 0.312 e. The van der Waals surface area contributed by atoms with Gasteiger partial charge < -0.3 is 14.7 Å². The van der Waals surface area contributed by atoms with Crippen LogP contribution in [0.3, 0.4) is 0 Å². The number of nitrogens with zero attached hydrogens (tertiary/aromatic N) is 2. The maximum atomic E-state index is 14.6. The van der Waals surface area contributed by atoms with Crippen molar-refractivity contribution < 1.29 is 19.2 Å². The molecular formula is C57H73N2O3+. The summed E-state index contributed by atoms with van der Waals surface area (Å²) < 4.78 is 8.64. The molecule has 0 amide bonds. The van der Waals surface area contributed by atoms with Gasteiger partial charge in [0.1, 0.15) is 6.54 Å². The normalized spacial score (nSPS) is 34.7. The summed E-state index contributed by atoms with van der Waals surface area (Å²) in [4.78, 5) is 16.9. The number of fused-ring (bicyclic) bond motifs is 7. The first-order valence-corrected chi connectivity index (χ1v) is 24.3. The van der Waals surface area contributed by atoms with Crippen LogP contribution in [0.5, 0.6) is 0 Å². The molecule has 4 fully saturated rings. The molecule has 10 atom stereocenters. The summed E-state index contributed by atoms with van der Waals surface area (Å²) in [5, 5.41) is 11.2. The standard InChI is InChI=1S/C57H73N2O3/c1-40-26-33-57(35-34-55(6)47(51(57)41(40)2)24-25-49-54(5)31-28-50(60)53(3,4)48(54)27-32-56(49,55)7)52(61)62-39-15-14-36-58-37-29-43(30-38-58)42-20-22-46(23-21-42)59(44-16-10-8-11-17-44)45-18-12-9-13-19-45/h8-13,16-24,29-30,37-38,40-41,48-51,60H,14-15,25-28,31-36,39H2,1-7H3/q+1/t40-,41+,48+,49-,50+,51+,54+,55-,56-,57+/m1/s1. The molecule has 1 N–H and O–H groups in total. The number of aliphatic hydroxyl groups is 1. The number of esters is 1. The highest BCUT2D eigenvalue weighted by Crippen LogP contribution is 2.76. The lowest BCUT2D eigenvalue weighted by atomic mass is 9.33. The molecular weight excluding hydrogens is 761 g/mol. The third-order valence-electron chi connectivity index (χ3n) is 18.8. The molecule has 0 spiro atoms. The van der Waals surface area contributed by atoms with Crippen molar-refractivity contribution in [2.24, 2.45) is 56.7 Å². The topological polar surface area (TPSA) is 53.7 Å². The third kappa shape index (κ3) is 6.99. The lowest BCUT2D eigenvalue weighted by molar-refractivity contribution is -0.697. The number of aliphatic hydroxyl groups excluding tert-OH is 1. The average Bonchev–Trinajstić information content (AvgIpc) is 3.28. The fraction of sp³-hybridized carbons (Fsp3) is 0.544. The fourth-order valence-corrected chi connectivity index (χ4v) is 14.7. The van der Waals surface area contributed by atoms with E-state index >= 15 is 0 Å². The number of benzene rings is 3. The monoisotopic (exact) mass is 834 g/mol. The molecule has 0 saturated heterocycles. The van der Waals surface area contributed by atoms with E-state index in [2.05, 4.69) is 173 Å².